The van der Waals surface area contributed by atoms with Crippen LogP contribution in [0, 0.1) is 0 Å². The topological polar surface area (TPSA) is 65.1 Å². The molecular weight excluding hydrogens is 382 g/mol. The minimum atomic E-state index is 0.0466. The molecule has 1 aromatic heterocycles. The number of thioether (sulfide) groups is 1. The van der Waals surface area contributed by atoms with Gasteiger partial charge in [-0.3, -0.25) is 9.89 Å². The monoisotopic (exact) mass is 409 g/mol. The zero-order valence-corrected chi connectivity index (χ0v) is 18.2. The molecule has 0 atom stereocenters. The van der Waals surface area contributed by atoms with E-state index in [4.69, 9.17) is 0 Å². The molecule has 0 unspecified atom stereocenters. The van der Waals surface area contributed by atoms with Crippen LogP contribution in [0.5, 0.6) is 0 Å². The van der Waals surface area contributed by atoms with Crippen LogP contribution in [0.15, 0.2) is 53.7 Å². The molecule has 6 nitrogen and oxygen atoms in total. The molecular formula is C22H27N5OS. The Morgan fingerprint density at radius 2 is 1.66 bits per heavy atom. The second-order valence-electron chi connectivity index (χ2n) is 7.12. The number of hydrogen-bond acceptors (Lipinski definition) is 5. The lowest BCUT2D eigenvalue weighted by Crippen LogP contribution is -2.27. The minimum absolute atomic E-state index is 0.0466. The van der Waals surface area contributed by atoms with Gasteiger partial charge in [-0.15, -0.1) is 5.10 Å². The fourth-order valence-corrected chi connectivity index (χ4v) is 3.58. The molecule has 7 heteroatoms. The van der Waals surface area contributed by atoms with Crippen LogP contribution >= 0.6 is 11.8 Å². The molecule has 2 aromatic carbocycles. The summed E-state index contributed by atoms with van der Waals surface area (Å²) < 4.78 is 0. The zero-order valence-electron chi connectivity index (χ0n) is 17.3. The van der Waals surface area contributed by atoms with Crippen molar-refractivity contribution >= 4 is 23.4 Å². The van der Waals surface area contributed by atoms with E-state index in [9.17, 15) is 4.79 Å². The fourth-order valence-electron chi connectivity index (χ4n) is 2.84. The van der Waals surface area contributed by atoms with Gasteiger partial charge in [0.15, 0.2) is 5.82 Å². The largest absolute Gasteiger partial charge is 0.378 e. The van der Waals surface area contributed by atoms with Crippen LogP contribution in [-0.4, -0.2) is 52.9 Å². The summed E-state index contributed by atoms with van der Waals surface area (Å²) >= 11 is 1.35. The van der Waals surface area contributed by atoms with Crippen LogP contribution < -0.4 is 4.90 Å². The van der Waals surface area contributed by atoms with Crippen LogP contribution in [0.25, 0.3) is 11.4 Å². The lowest BCUT2D eigenvalue weighted by molar-refractivity contribution is -0.127. The fraction of sp³-hybridized carbons (Fsp3) is 0.318. The quantitative estimate of drug-likeness (QED) is 0.573. The van der Waals surface area contributed by atoms with E-state index in [1.165, 1.54) is 17.3 Å². The number of H-pyrrole nitrogens is 1. The first-order valence-electron chi connectivity index (χ1n) is 9.61. The number of aryl methyl sites for hydroxylation is 1. The molecule has 1 amide bonds. The number of hydrogen-bond donors (Lipinski definition) is 1. The SMILES string of the molecule is CCc1ccc(-c2nc(SCC(=O)N(C)Cc3ccc(N(C)C)cc3)n[nH]2)cc1. The Morgan fingerprint density at radius 3 is 2.28 bits per heavy atom. The summed E-state index contributed by atoms with van der Waals surface area (Å²) in [6.45, 7) is 2.71. The minimum Gasteiger partial charge on any atom is -0.378 e. The van der Waals surface area contributed by atoms with Gasteiger partial charge < -0.3 is 9.80 Å². The van der Waals surface area contributed by atoms with Crippen molar-refractivity contribution in [3.05, 3.63) is 59.7 Å². The number of anilines is 1. The van der Waals surface area contributed by atoms with Crippen molar-refractivity contribution in [2.24, 2.45) is 0 Å². The van der Waals surface area contributed by atoms with Crippen molar-refractivity contribution in [1.29, 1.82) is 0 Å². The van der Waals surface area contributed by atoms with Crippen LogP contribution in [-0.2, 0) is 17.8 Å². The van der Waals surface area contributed by atoms with Crippen molar-refractivity contribution in [2.45, 2.75) is 25.0 Å². The van der Waals surface area contributed by atoms with Gasteiger partial charge in [0, 0.05) is 38.9 Å². The molecule has 0 saturated heterocycles. The summed E-state index contributed by atoms with van der Waals surface area (Å²) in [5.41, 5.74) is 4.52. The molecule has 0 aliphatic rings. The molecule has 0 aliphatic carbocycles. The number of amides is 1. The zero-order chi connectivity index (χ0) is 20.8. The lowest BCUT2D eigenvalue weighted by Gasteiger charge is -2.18. The van der Waals surface area contributed by atoms with Gasteiger partial charge in [-0.2, -0.15) is 0 Å². The number of carbonyl (C=O) groups excluding carboxylic acids is 1. The van der Waals surface area contributed by atoms with Crippen LogP contribution in [0.1, 0.15) is 18.1 Å². The standard InChI is InChI=1S/C22H27N5OS/c1-5-16-6-10-18(11-7-16)21-23-22(25-24-21)29-15-20(28)27(4)14-17-8-12-19(13-9-17)26(2)3/h6-13H,5,14-15H2,1-4H3,(H,23,24,25). The first-order chi connectivity index (χ1) is 14.0. The number of nitrogens with zero attached hydrogens (tertiary/aromatic N) is 4. The first kappa shape index (κ1) is 20.9. The van der Waals surface area contributed by atoms with E-state index in [0.29, 0.717) is 17.5 Å². The van der Waals surface area contributed by atoms with Crippen molar-refractivity contribution in [3.63, 3.8) is 0 Å². The van der Waals surface area contributed by atoms with Crippen LogP contribution in [0.3, 0.4) is 0 Å². The highest BCUT2D eigenvalue weighted by atomic mass is 32.2. The molecule has 3 aromatic rings. The van der Waals surface area contributed by atoms with Gasteiger partial charge in [0.2, 0.25) is 11.1 Å². The molecule has 0 spiro atoms. The summed E-state index contributed by atoms with van der Waals surface area (Å²) in [4.78, 5) is 20.8. The predicted octanol–water partition coefficient (Wildman–Crippen LogP) is 3.85. The number of rotatable bonds is 8. The first-order valence-corrected chi connectivity index (χ1v) is 10.6. The predicted molar refractivity (Wildman–Crippen MR) is 119 cm³/mol. The Bertz CT molecular complexity index is 935. The summed E-state index contributed by atoms with van der Waals surface area (Å²) in [7, 11) is 5.84. The maximum absolute atomic E-state index is 12.5. The Hall–Kier alpha value is -2.80. The third-order valence-corrected chi connectivity index (χ3v) is 5.56. The maximum atomic E-state index is 12.5. The molecule has 0 radical (unpaired) electrons. The Labute approximate surface area is 176 Å². The Morgan fingerprint density at radius 1 is 1.00 bits per heavy atom. The molecule has 3 rings (SSSR count). The lowest BCUT2D eigenvalue weighted by atomic mass is 10.1. The second-order valence-corrected chi connectivity index (χ2v) is 8.06. The average Bonchev–Trinajstić information content (AvgIpc) is 3.21. The van der Waals surface area contributed by atoms with Crippen LogP contribution in [0.4, 0.5) is 5.69 Å². The Kier molecular flexibility index (Phi) is 6.93. The van der Waals surface area contributed by atoms with E-state index >= 15 is 0 Å². The van der Waals surface area contributed by atoms with Gasteiger partial charge >= 0.3 is 0 Å². The molecule has 1 N–H and O–H groups in total. The highest BCUT2D eigenvalue weighted by Gasteiger charge is 2.13. The number of nitrogens with one attached hydrogen (secondary N) is 1. The van der Waals surface area contributed by atoms with E-state index in [-0.39, 0.29) is 5.91 Å². The van der Waals surface area contributed by atoms with Crippen LogP contribution in [0.2, 0.25) is 0 Å². The van der Waals surface area contributed by atoms with Gasteiger partial charge in [-0.05, 0) is 29.7 Å². The molecule has 0 fully saturated rings. The summed E-state index contributed by atoms with van der Waals surface area (Å²) in [6, 6.07) is 16.5. The molecule has 0 saturated carbocycles. The van der Waals surface area contributed by atoms with Gasteiger partial charge in [0.1, 0.15) is 0 Å². The number of aromatic nitrogens is 3. The second kappa shape index (κ2) is 9.60. The smallest absolute Gasteiger partial charge is 0.233 e. The highest BCUT2D eigenvalue weighted by Crippen LogP contribution is 2.20. The molecule has 0 aliphatic heterocycles. The van der Waals surface area contributed by atoms with E-state index < -0.39 is 0 Å². The number of benzene rings is 2. The number of carbonyl (C=O) groups is 1. The number of aromatic amines is 1. The van der Waals surface area contributed by atoms with Gasteiger partial charge in [0.25, 0.3) is 0 Å². The summed E-state index contributed by atoms with van der Waals surface area (Å²) in [5.74, 6) is 1.07. The van der Waals surface area contributed by atoms with E-state index in [2.05, 4.69) is 63.4 Å². The average molecular weight is 410 g/mol. The van der Waals surface area contributed by atoms with E-state index in [1.54, 1.807) is 4.90 Å². The molecule has 29 heavy (non-hydrogen) atoms. The van der Waals surface area contributed by atoms with Crippen molar-refractivity contribution in [1.82, 2.24) is 20.1 Å². The summed E-state index contributed by atoms with van der Waals surface area (Å²) in [5, 5.41) is 7.76. The molecule has 152 valence electrons. The van der Waals surface area contributed by atoms with Crippen molar-refractivity contribution in [2.75, 3.05) is 31.8 Å². The maximum Gasteiger partial charge on any atom is 0.233 e. The summed E-state index contributed by atoms with van der Waals surface area (Å²) in [6.07, 6.45) is 1.01. The molecule has 0 bridgehead atoms. The molecule has 1 heterocycles. The van der Waals surface area contributed by atoms with Gasteiger partial charge in [-0.25, -0.2) is 4.98 Å². The normalized spacial score (nSPS) is 10.8. The highest BCUT2D eigenvalue weighted by molar-refractivity contribution is 7.99. The van der Waals surface area contributed by atoms with Crippen molar-refractivity contribution in [3.8, 4) is 11.4 Å². The van der Waals surface area contributed by atoms with Gasteiger partial charge in [-0.1, -0.05) is 55.1 Å². The van der Waals surface area contributed by atoms with E-state index in [0.717, 1.165) is 29.1 Å². The van der Waals surface area contributed by atoms with Gasteiger partial charge in [0.05, 0.1) is 5.75 Å². The Balaban J connectivity index is 1.52. The third kappa shape index (κ3) is 5.60. The van der Waals surface area contributed by atoms with E-state index in [1.807, 2.05) is 33.3 Å². The third-order valence-electron chi connectivity index (χ3n) is 4.72. The van der Waals surface area contributed by atoms with Crippen molar-refractivity contribution < 1.29 is 4.79 Å².